The molecule has 0 radical (unpaired) electrons. The molecule has 214 valence electrons. The van der Waals surface area contributed by atoms with Crippen LogP contribution in [-0.4, -0.2) is 44.3 Å². The smallest absolute Gasteiger partial charge is 0.264 e. The Balaban J connectivity index is 2.04. The van der Waals surface area contributed by atoms with E-state index in [1.807, 2.05) is 13.8 Å². The molecule has 0 saturated carbocycles. The van der Waals surface area contributed by atoms with Crippen LogP contribution in [0, 0.1) is 6.92 Å². The highest BCUT2D eigenvalue weighted by molar-refractivity contribution is 7.92. The van der Waals surface area contributed by atoms with Gasteiger partial charge >= 0.3 is 0 Å². The zero-order chi connectivity index (χ0) is 29.4. The van der Waals surface area contributed by atoms with Crippen LogP contribution in [0.25, 0.3) is 0 Å². The third-order valence-electron chi connectivity index (χ3n) is 6.37. The molecule has 0 heterocycles. The summed E-state index contributed by atoms with van der Waals surface area (Å²) >= 11 is 19.0. The predicted octanol–water partition coefficient (Wildman–Crippen LogP) is 6.48. The average Bonchev–Trinajstić information content (AvgIpc) is 2.91. The summed E-state index contributed by atoms with van der Waals surface area (Å²) in [6, 6.07) is 16.6. The number of amides is 2. The van der Waals surface area contributed by atoms with Crippen LogP contribution in [0.5, 0.6) is 0 Å². The first-order valence-corrected chi connectivity index (χ1v) is 15.4. The summed E-state index contributed by atoms with van der Waals surface area (Å²) in [4.78, 5) is 28.3. The average molecular weight is 625 g/mol. The number of hydrogen-bond acceptors (Lipinski definition) is 4. The third kappa shape index (κ3) is 7.91. The lowest BCUT2D eigenvalue weighted by molar-refractivity contribution is -0.139. The highest BCUT2D eigenvalue weighted by Gasteiger charge is 2.33. The quantitative estimate of drug-likeness (QED) is 0.234. The van der Waals surface area contributed by atoms with E-state index in [9.17, 15) is 18.0 Å². The van der Waals surface area contributed by atoms with Crippen molar-refractivity contribution in [2.45, 2.75) is 51.1 Å². The first kappa shape index (κ1) is 31.7. The van der Waals surface area contributed by atoms with Gasteiger partial charge in [0.25, 0.3) is 10.0 Å². The van der Waals surface area contributed by atoms with Crippen molar-refractivity contribution in [3.8, 4) is 0 Å². The van der Waals surface area contributed by atoms with E-state index in [2.05, 4.69) is 5.32 Å². The van der Waals surface area contributed by atoms with Crippen LogP contribution in [0.2, 0.25) is 15.1 Å². The Labute approximate surface area is 251 Å². The molecule has 2 amide bonds. The maximum atomic E-state index is 14.0. The van der Waals surface area contributed by atoms with E-state index >= 15 is 0 Å². The van der Waals surface area contributed by atoms with Crippen LogP contribution in [-0.2, 0) is 26.2 Å². The molecule has 0 saturated heterocycles. The number of hydrogen-bond donors (Lipinski definition) is 1. The van der Waals surface area contributed by atoms with Crippen molar-refractivity contribution in [2.24, 2.45) is 0 Å². The second kappa shape index (κ2) is 14.2. The molecule has 0 bridgehead atoms. The minimum Gasteiger partial charge on any atom is -0.354 e. The van der Waals surface area contributed by atoms with Gasteiger partial charge in [0.15, 0.2) is 0 Å². The summed E-state index contributed by atoms with van der Waals surface area (Å²) in [6.45, 7) is 5.19. The number of carbonyl (C=O) groups excluding carboxylic acids is 2. The molecular formula is C29H32Cl3N3O4S. The minimum atomic E-state index is -4.19. The van der Waals surface area contributed by atoms with Gasteiger partial charge in [-0.15, -0.1) is 0 Å². The zero-order valence-corrected chi connectivity index (χ0v) is 25.6. The van der Waals surface area contributed by atoms with Gasteiger partial charge in [-0.2, -0.15) is 0 Å². The zero-order valence-electron chi connectivity index (χ0n) is 22.5. The van der Waals surface area contributed by atoms with E-state index < -0.39 is 28.5 Å². The van der Waals surface area contributed by atoms with Gasteiger partial charge in [-0.05, 0) is 62.7 Å². The van der Waals surface area contributed by atoms with Crippen LogP contribution in [0.1, 0.15) is 37.8 Å². The minimum absolute atomic E-state index is 0.0110. The summed E-state index contributed by atoms with van der Waals surface area (Å²) in [5.41, 5.74) is 1.54. The van der Waals surface area contributed by atoms with Gasteiger partial charge in [-0.1, -0.05) is 78.0 Å². The Bertz CT molecular complexity index is 1430. The summed E-state index contributed by atoms with van der Waals surface area (Å²) in [5.74, 6) is -0.995. The van der Waals surface area contributed by atoms with Gasteiger partial charge in [-0.25, -0.2) is 8.42 Å². The van der Waals surface area contributed by atoms with Gasteiger partial charge < -0.3 is 10.2 Å². The molecule has 0 aliphatic carbocycles. The maximum Gasteiger partial charge on any atom is 0.264 e. The van der Waals surface area contributed by atoms with E-state index in [1.54, 1.807) is 55.5 Å². The van der Waals surface area contributed by atoms with Gasteiger partial charge in [0.2, 0.25) is 11.8 Å². The predicted molar refractivity (Wildman–Crippen MR) is 162 cm³/mol. The third-order valence-corrected chi connectivity index (χ3v) is 9.10. The fraction of sp³-hybridized carbons (Fsp3) is 0.310. The van der Waals surface area contributed by atoms with Crippen molar-refractivity contribution in [1.29, 1.82) is 0 Å². The van der Waals surface area contributed by atoms with Crippen molar-refractivity contribution >= 4 is 62.3 Å². The van der Waals surface area contributed by atoms with Crippen LogP contribution < -0.4 is 9.62 Å². The Kier molecular flexibility index (Phi) is 11.3. The van der Waals surface area contributed by atoms with E-state index in [4.69, 9.17) is 34.8 Å². The van der Waals surface area contributed by atoms with Crippen molar-refractivity contribution < 1.29 is 18.0 Å². The standard InChI is InChI=1S/C29H32Cl3N3O4S/c1-4-5-16-33-29(37)21(3)34(18-25-26(31)10-7-11-27(25)32)28(36)19-35(23-9-6-8-22(30)17-23)40(38,39)24-14-12-20(2)13-15-24/h6-15,17,21H,4-5,16,18-19H2,1-3H3,(H,33,37)/t21-/m0/s1. The molecule has 40 heavy (non-hydrogen) atoms. The second-order valence-electron chi connectivity index (χ2n) is 9.35. The molecule has 7 nitrogen and oxygen atoms in total. The Morgan fingerprint density at radius 2 is 1.57 bits per heavy atom. The largest absolute Gasteiger partial charge is 0.354 e. The normalized spacial score (nSPS) is 12.1. The Hall–Kier alpha value is -2.78. The van der Waals surface area contributed by atoms with Crippen molar-refractivity contribution in [3.05, 3.63) is 92.9 Å². The molecule has 3 aromatic rings. The Morgan fingerprint density at radius 1 is 0.950 bits per heavy atom. The molecule has 11 heteroatoms. The lowest BCUT2D eigenvalue weighted by Gasteiger charge is -2.32. The summed E-state index contributed by atoms with van der Waals surface area (Å²) in [7, 11) is -4.19. The van der Waals surface area contributed by atoms with Crippen molar-refractivity contribution in [2.75, 3.05) is 17.4 Å². The number of unbranched alkanes of at least 4 members (excludes halogenated alkanes) is 1. The van der Waals surface area contributed by atoms with E-state index in [-0.39, 0.29) is 23.0 Å². The van der Waals surface area contributed by atoms with E-state index in [0.717, 1.165) is 22.7 Å². The summed E-state index contributed by atoms with van der Waals surface area (Å²) in [5, 5.41) is 3.79. The van der Waals surface area contributed by atoms with Crippen LogP contribution in [0.4, 0.5) is 5.69 Å². The molecule has 3 rings (SSSR count). The maximum absolute atomic E-state index is 14.0. The summed E-state index contributed by atoms with van der Waals surface area (Å²) in [6.07, 6.45) is 1.66. The van der Waals surface area contributed by atoms with E-state index in [0.29, 0.717) is 27.2 Å². The highest BCUT2D eigenvalue weighted by atomic mass is 35.5. The number of sulfonamides is 1. The number of benzene rings is 3. The van der Waals surface area contributed by atoms with Crippen molar-refractivity contribution in [1.82, 2.24) is 10.2 Å². The number of nitrogens with one attached hydrogen (secondary N) is 1. The van der Waals surface area contributed by atoms with Crippen LogP contribution >= 0.6 is 34.8 Å². The second-order valence-corrected chi connectivity index (χ2v) is 12.5. The first-order valence-electron chi connectivity index (χ1n) is 12.8. The number of aryl methyl sites for hydroxylation is 1. The topological polar surface area (TPSA) is 86.8 Å². The summed E-state index contributed by atoms with van der Waals surface area (Å²) < 4.78 is 28.7. The van der Waals surface area contributed by atoms with Gasteiger partial charge in [0, 0.05) is 33.7 Å². The molecule has 0 fully saturated rings. The lowest BCUT2D eigenvalue weighted by atomic mass is 10.1. The van der Waals surface area contributed by atoms with Crippen molar-refractivity contribution in [3.63, 3.8) is 0 Å². The number of rotatable bonds is 12. The lowest BCUT2D eigenvalue weighted by Crippen LogP contribution is -2.51. The molecule has 0 aromatic heterocycles. The molecule has 0 aliphatic rings. The monoisotopic (exact) mass is 623 g/mol. The molecular weight excluding hydrogens is 593 g/mol. The number of carbonyl (C=O) groups is 2. The number of nitrogens with zero attached hydrogens (tertiary/aromatic N) is 2. The molecule has 3 aromatic carbocycles. The highest BCUT2D eigenvalue weighted by Crippen LogP contribution is 2.29. The van der Waals surface area contributed by atoms with Gasteiger partial charge in [-0.3, -0.25) is 13.9 Å². The Morgan fingerprint density at radius 3 is 2.17 bits per heavy atom. The van der Waals surface area contributed by atoms with Crippen LogP contribution in [0.3, 0.4) is 0 Å². The first-order chi connectivity index (χ1) is 18.9. The fourth-order valence-electron chi connectivity index (χ4n) is 3.97. The molecule has 0 aliphatic heterocycles. The molecule has 1 atom stereocenters. The van der Waals surface area contributed by atoms with E-state index in [1.165, 1.54) is 23.1 Å². The number of anilines is 1. The molecule has 0 spiro atoms. The van der Waals surface area contributed by atoms with Crippen LogP contribution in [0.15, 0.2) is 71.6 Å². The van der Waals surface area contributed by atoms with Gasteiger partial charge in [0.1, 0.15) is 12.6 Å². The fourth-order valence-corrected chi connectivity index (χ4v) is 6.08. The van der Waals surface area contributed by atoms with Gasteiger partial charge in [0.05, 0.1) is 10.6 Å². The SMILES string of the molecule is CCCCNC(=O)[C@H](C)N(Cc1c(Cl)cccc1Cl)C(=O)CN(c1cccc(Cl)c1)S(=O)(=O)c1ccc(C)cc1. The number of halogens is 3. The molecule has 0 unspecified atom stereocenters. The molecule has 1 N–H and O–H groups in total.